The third-order valence-corrected chi connectivity index (χ3v) is 6.65. The molecule has 0 saturated heterocycles. The van der Waals surface area contributed by atoms with Crippen LogP contribution in [0.15, 0.2) is 11.4 Å². The average molecular weight is 390 g/mol. The summed E-state index contributed by atoms with van der Waals surface area (Å²) >= 11 is 0. The fraction of sp³-hybridized carbons (Fsp3) is 0.824. The Morgan fingerprint density at radius 1 is 1.38 bits per heavy atom. The van der Waals surface area contributed by atoms with Gasteiger partial charge in [-0.2, -0.15) is 0 Å². The minimum atomic E-state index is -3.51. The van der Waals surface area contributed by atoms with Gasteiger partial charge in [0.1, 0.15) is 0 Å². The van der Waals surface area contributed by atoms with E-state index in [1.165, 1.54) is 6.92 Å². The monoisotopic (exact) mass is 390 g/mol. The number of amides is 1. The number of carbonyl (C=O) groups excluding carboxylic acids is 1. The van der Waals surface area contributed by atoms with Crippen LogP contribution in [0.2, 0.25) is 0 Å². The minimum Gasteiger partial charge on any atom is -0.353 e. The fourth-order valence-corrected chi connectivity index (χ4v) is 5.24. The molecule has 0 bridgehead atoms. The highest BCUT2D eigenvalue weighted by molar-refractivity contribution is 7.58. The lowest BCUT2D eigenvalue weighted by molar-refractivity contribution is -0.533. The Balaban J connectivity index is 3.16. The van der Waals surface area contributed by atoms with Gasteiger partial charge in [0, 0.05) is 29.6 Å². The van der Waals surface area contributed by atoms with E-state index >= 15 is 0 Å². The van der Waals surface area contributed by atoms with E-state index in [4.69, 9.17) is 9.05 Å². The van der Waals surface area contributed by atoms with Gasteiger partial charge in [-0.25, -0.2) is 0 Å². The molecule has 1 N–H and O–H groups in total. The summed E-state index contributed by atoms with van der Waals surface area (Å²) in [6.45, 7) is 9.25. The van der Waals surface area contributed by atoms with Crippen molar-refractivity contribution in [3.05, 3.63) is 21.5 Å². The highest BCUT2D eigenvalue weighted by Crippen LogP contribution is 2.59. The van der Waals surface area contributed by atoms with Gasteiger partial charge < -0.3 is 14.4 Å². The Bertz CT molecular complexity index is 568. The summed E-state index contributed by atoms with van der Waals surface area (Å²) in [6, 6.07) is -1.25. The number of rotatable bonds is 10. The molecule has 8 nitrogen and oxygen atoms in total. The van der Waals surface area contributed by atoms with Crippen LogP contribution in [-0.4, -0.2) is 36.1 Å². The van der Waals surface area contributed by atoms with E-state index < -0.39 is 13.6 Å². The maximum atomic E-state index is 13.0. The highest BCUT2D eigenvalue weighted by atomic mass is 31.2. The molecule has 0 aromatic carbocycles. The van der Waals surface area contributed by atoms with Gasteiger partial charge in [0.2, 0.25) is 11.9 Å². The van der Waals surface area contributed by atoms with Crippen molar-refractivity contribution in [2.45, 2.75) is 66.0 Å². The van der Waals surface area contributed by atoms with Crippen LogP contribution in [0.4, 0.5) is 0 Å². The maximum Gasteiger partial charge on any atom is 0.357 e. The predicted molar refractivity (Wildman–Crippen MR) is 99.5 cm³/mol. The molecule has 0 aliphatic heterocycles. The van der Waals surface area contributed by atoms with E-state index in [1.807, 2.05) is 13.8 Å². The molecule has 0 heterocycles. The summed E-state index contributed by atoms with van der Waals surface area (Å²) in [5, 5.41) is 15.0. The zero-order chi connectivity index (χ0) is 19.9. The van der Waals surface area contributed by atoms with Gasteiger partial charge in [-0.15, -0.1) is 0 Å². The van der Waals surface area contributed by atoms with Crippen LogP contribution in [0.3, 0.4) is 0 Å². The summed E-state index contributed by atoms with van der Waals surface area (Å²) in [6.07, 6.45) is 2.74. The molecule has 1 aliphatic rings. The van der Waals surface area contributed by atoms with Gasteiger partial charge in [-0.05, 0) is 32.6 Å². The number of allylic oxidation sites excluding steroid dienone is 1. The van der Waals surface area contributed by atoms with Gasteiger partial charge in [0.15, 0.2) is 0 Å². The van der Waals surface area contributed by atoms with Crippen molar-refractivity contribution in [3.63, 3.8) is 0 Å². The van der Waals surface area contributed by atoms with Crippen LogP contribution < -0.4 is 5.32 Å². The van der Waals surface area contributed by atoms with Crippen molar-refractivity contribution in [2.24, 2.45) is 11.8 Å². The summed E-state index contributed by atoms with van der Waals surface area (Å²) in [7, 11) is -3.51. The van der Waals surface area contributed by atoms with Gasteiger partial charge in [-0.1, -0.05) is 19.9 Å². The number of nitrogens with one attached hydrogen (secondary N) is 1. The zero-order valence-corrected chi connectivity index (χ0v) is 17.2. The fourth-order valence-electron chi connectivity index (χ4n) is 3.42. The lowest BCUT2D eigenvalue weighted by atomic mass is 9.80. The Morgan fingerprint density at radius 3 is 2.38 bits per heavy atom. The Hall–Kier alpha value is -1.24. The number of hydrogen-bond donors (Lipinski definition) is 1. The molecule has 0 aromatic heterocycles. The topological polar surface area (TPSA) is 108 Å². The van der Waals surface area contributed by atoms with Crippen LogP contribution in [0.5, 0.6) is 0 Å². The Morgan fingerprint density at radius 2 is 1.96 bits per heavy atom. The molecule has 0 unspecified atom stereocenters. The summed E-state index contributed by atoms with van der Waals surface area (Å²) in [5.74, 6) is -0.291. The first-order valence-electron chi connectivity index (χ1n) is 9.13. The summed E-state index contributed by atoms with van der Waals surface area (Å²) < 4.78 is 23.6. The van der Waals surface area contributed by atoms with E-state index in [0.717, 1.165) is 0 Å². The largest absolute Gasteiger partial charge is 0.357 e. The smallest absolute Gasteiger partial charge is 0.353 e. The van der Waals surface area contributed by atoms with Crippen molar-refractivity contribution >= 4 is 13.5 Å². The Kier molecular flexibility index (Phi) is 8.93. The molecule has 3 atom stereocenters. The molecular formula is C17H31N2O6P. The van der Waals surface area contributed by atoms with Crippen LogP contribution in [-0.2, 0) is 18.4 Å². The minimum absolute atomic E-state index is 0.00310. The number of nitrogens with zero attached hydrogens (tertiary/aromatic N) is 1. The zero-order valence-electron chi connectivity index (χ0n) is 16.3. The summed E-state index contributed by atoms with van der Waals surface area (Å²) in [5.41, 5.74) is 0. The van der Waals surface area contributed by atoms with Crippen LogP contribution in [0.25, 0.3) is 0 Å². The lowest BCUT2D eigenvalue weighted by Gasteiger charge is -2.34. The van der Waals surface area contributed by atoms with Crippen molar-refractivity contribution < 1.29 is 23.3 Å². The number of nitro groups is 1. The molecule has 0 fully saturated rings. The second-order valence-corrected chi connectivity index (χ2v) is 9.01. The molecule has 1 amide bonds. The van der Waals surface area contributed by atoms with E-state index in [-0.39, 0.29) is 48.3 Å². The predicted octanol–water partition coefficient (Wildman–Crippen LogP) is 3.74. The van der Waals surface area contributed by atoms with E-state index in [2.05, 4.69) is 5.32 Å². The lowest BCUT2D eigenvalue weighted by Crippen LogP contribution is -2.48. The Labute approximate surface area is 155 Å². The van der Waals surface area contributed by atoms with E-state index in [1.54, 1.807) is 19.9 Å². The van der Waals surface area contributed by atoms with Gasteiger partial charge in [0.05, 0.1) is 19.1 Å². The first-order chi connectivity index (χ1) is 12.1. The molecule has 0 spiro atoms. The molecule has 1 rings (SSSR count). The third-order valence-electron chi connectivity index (χ3n) is 4.39. The second-order valence-electron chi connectivity index (χ2n) is 6.92. The molecule has 9 heteroatoms. The van der Waals surface area contributed by atoms with Gasteiger partial charge >= 0.3 is 7.60 Å². The molecule has 26 heavy (non-hydrogen) atoms. The molecule has 150 valence electrons. The van der Waals surface area contributed by atoms with Crippen molar-refractivity contribution in [1.82, 2.24) is 5.32 Å². The quantitative estimate of drug-likeness (QED) is 0.346. The molecule has 0 aromatic rings. The first-order valence-corrected chi connectivity index (χ1v) is 10.7. The standard InChI is InChI=1S/C17H31N2O6P/c1-6-24-26(23,25-7-2)14-8-9-15(17(11-14)19(21)22)16(10-12(3)4)18-13(5)20/h8,12,15-17H,6-7,9-11H2,1-5H3,(H,18,20)/t15-,16-,17-/m0/s1. The molecule has 0 saturated carbocycles. The average Bonchev–Trinajstić information content (AvgIpc) is 2.53. The molecule has 0 radical (unpaired) electrons. The van der Waals surface area contributed by atoms with Crippen molar-refractivity contribution in [1.29, 1.82) is 0 Å². The highest BCUT2D eigenvalue weighted by Gasteiger charge is 2.45. The van der Waals surface area contributed by atoms with E-state index in [0.29, 0.717) is 18.2 Å². The summed E-state index contributed by atoms with van der Waals surface area (Å²) in [4.78, 5) is 23.0. The molecular weight excluding hydrogens is 359 g/mol. The van der Waals surface area contributed by atoms with Gasteiger partial charge in [-0.3, -0.25) is 19.5 Å². The number of carbonyl (C=O) groups is 1. The van der Waals surface area contributed by atoms with Crippen LogP contribution >= 0.6 is 7.60 Å². The van der Waals surface area contributed by atoms with Crippen LogP contribution in [0.1, 0.15) is 53.9 Å². The SMILES string of the molecule is CCOP(=O)(OCC)C1=CC[C@@H]([C@H](CC(C)C)NC(C)=O)[C@@H]([N+](=O)[O-])C1. The third kappa shape index (κ3) is 6.18. The normalized spacial score (nSPS) is 22.0. The van der Waals surface area contributed by atoms with Gasteiger partial charge in [0.25, 0.3) is 0 Å². The first kappa shape index (κ1) is 22.8. The van der Waals surface area contributed by atoms with Crippen LogP contribution in [0, 0.1) is 22.0 Å². The van der Waals surface area contributed by atoms with Crippen molar-refractivity contribution in [3.8, 4) is 0 Å². The molecule has 1 aliphatic carbocycles. The van der Waals surface area contributed by atoms with E-state index in [9.17, 15) is 19.5 Å². The maximum absolute atomic E-state index is 13.0. The second kappa shape index (κ2) is 10.2. The number of hydrogen-bond acceptors (Lipinski definition) is 6. The van der Waals surface area contributed by atoms with Crippen molar-refractivity contribution in [2.75, 3.05) is 13.2 Å².